The molecule has 0 bridgehead atoms. The zero-order valence-corrected chi connectivity index (χ0v) is 14.6. The molecule has 0 saturated carbocycles. The van der Waals surface area contributed by atoms with Gasteiger partial charge in [0.1, 0.15) is 0 Å². The molecule has 0 fully saturated rings. The van der Waals surface area contributed by atoms with E-state index in [-0.39, 0.29) is 0 Å². The van der Waals surface area contributed by atoms with Gasteiger partial charge >= 0.3 is 0 Å². The van der Waals surface area contributed by atoms with Crippen LogP contribution in [0.25, 0.3) is 0 Å². The fourth-order valence-corrected chi connectivity index (χ4v) is 3.48. The molecule has 0 spiro atoms. The van der Waals surface area contributed by atoms with E-state index >= 15 is 0 Å². The number of thiazole rings is 1. The van der Waals surface area contributed by atoms with E-state index in [1.54, 1.807) is 11.3 Å². The molecule has 0 aromatic carbocycles. The summed E-state index contributed by atoms with van der Waals surface area (Å²) in [6.07, 6.45) is 3.66. The molecule has 116 valence electrons. The van der Waals surface area contributed by atoms with Gasteiger partial charge in [-0.1, -0.05) is 20.8 Å². The maximum atomic E-state index is 5.75. The van der Waals surface area contributed by atoms with Gasteiger partial charge in [-0.3, -0.25) is 0 Å². The van der Waals surface area contributed by atoms with Gasteiger partial charge in [0.15, 0.2) is 0 Å². The van der Waals surface area contributed by atoms with Crippen molar-refractivity contribution in [2.75, 3.05) is 20.1 Å². The monoisotopic (exact) mass is 297 g/mol. The van der Waals surface area contributed by atoms with Gasteiger partial charge in [0, 0.05) is 11.4 Å². The van der Waals surface area contributed by atoms with Crippen LogP contribution in [0.4, 0.5) is 0 Å². The van der Waals surface area contributed by atoms with E-state index in [1.165, 1.54) is 23.4 Å². The fraction of sp³-hybridized carbons (Fsp3) is 0.812. The van der Waals surface area contributed by atoms with Crippen molar-refractivity contribution in [3.8, 4) is 0 Å². The Labute approximate surface area is 128 Å². The van der Waals surface area contributed by atoms with E-state index in [0.29, 0.717) is 5.41 Å². The number of hydrogen-bond acceptors (Lipinski definition) is 4. The molecule has 1 aromatic heterocycles. The van der Waals surface area contributed by atoms with Crippen molar-refractivity contribution >= 4 is 11.3 Å². The van der Waals surface area contributed by atoms with Crippen molar-refractivity contribution in [1.29, 1.82) is 0 Å². The molecular formula is C16H31N3S. The lowest BCUT2D eigenvalue weighted by molar-refractivity contribution is 0.199. The highest BCUT2D eigenvalue weighted by Gasteiger charge is 2.23. The first-order valence-electron chi connectivity index (χ1n) is 7.62. The molecule has 0 amide bonds. The van der Waals surface area contributed by atoms with E-state index in [1.807, 2.05) is 5.51 Å². The third kappa shape index (κ3) is 5.90. The van der Waals surface area contributed by atoms with Crippen LogP contribution < -0.4 is 5.73 Å². The summed E-state index contributed by atoms with van der Waals surface area (Å²) in [5.74, 6) is 0.728. The molecule has 0 aliphatic heterocycles. The topological polar surface area (TPSA) is 42.2 Å². The summed E-state index contributed by atoms with van der Waals surface area (Å²) in [5, 5.41) is 0. The number of aryl methyl sites for hydroxylation is 1. The molecule has 1 atom stereocenters. The van der Waals surface area contributed by atoms with Gasteiger partial charge in [0.05, 0.1) is 11.2 Å². The van der Waals surface area contributed by atoms with Crippen LogP contribution in [0.2, 0.25) is 0 Å². The molecular weight excluding hydrogens is 266 g/mol. The van der Waals surface area contributed by atoms with Crippen LogP contribution in [0.1, 0.15) is 50.6 Å². The van der Waals surface area contributed by atoms with Crippen molar-refractivity contribution in [3.05, 3.63) is 16.1 Å². The van der Waals surface area contributed by atoms with Gasteiger partial charge in [-0.2, -0.15) is 0 Å². The van der Waals surface area contributed by atoms with Crippen molar-refractivity contribution in [2.24, 2.45) is 17.1 Å². The number of nitrogens with zero attached hydrogens (tertiary/aromatic N) is 2. The molecule has 2 N–H and O–H groups in total. The second-order valence-electron chi connectivity index (χ2n) is 6.88. The van der Waals surface area contributed by atoms with Gasteiger partial charge in [-0.25, -0.2) is 4.98 Å². The normalized spacial score (nSPS) is 13.9. The van der Waals surface area contributed by atoms with Crippen LogP contribution >= 0.6 is 11.3 Å². The molecule has 0 aliphatic rings. The Hall–Kier alpha value is -0.450. The van der Waals surface area contributed by atoms with E-state index < -0.39 is 0 Å². The highest BCUT2D eigenvalue weighted by Crippen LogP contribution is 2.32. The molecule has 3 nitrogen and oxygen atoms in total. The SMILES string of the molecule is Cc1ncsc1CN(C)CCCC(CCN)C(C)(C)C. The first-order valence-corrected chi connectivity index (χ1v) is 8.50. The predicted molar refractivity (Wildman–Crippen MR) is 89.0 cm³/mol. The molecule has 1 aromatic rings. The molecule has 0 aliphatic carbocycles. The summed E-state index contributed by atoms with van der Waals surface area (Å²) >= 11 is 1.76. The number of rotatable bonds is 8. The number of hydrogen-bond donors (Lipinski definition) is 1. The maximum Gasteiger partial charge on any atom is 0.0798 e. The van der Waals surface area contributed by atoms with Crippen LogP contribution in [0.3, 0.4) is 0 Å². The molecule has 0 saturated heterocycles. The molecule has 0 radical (unpaired) electrons. The minimum atomic E-state index is 0.367. The second-order valence-corrected chi connectivity index (χ2v) is 7.82. The minimum absolute atomic E-state index is 0.367. The van der Waals surface area contributed by atoms with Crippen LogP contribution in [-0.4, -0.2) is 30.0 Å². The zero-order valence-electron chi connectivity index (χ0n) is 13.8. The van der Waals surface area contributed by atoms with E-state index in [9.17, 15) is 0 Å². The Bertz CT molecular complexity index is 381. The average molecular weight is 298 g/mol. The van der Waals surface area contributed by atoms with Gasteiger partial charge in [0.25, 0.3) is 0 Å². The fourth-order valence-electron chi connectivity index (χ4n) is 2.62. The quantitative estimate of drug-likeness (QED) is 0.796. The average Bonchev–Trinajstić information content (AvgIpc) is 2.73. The lowest BCUT2D eigenvalue weighted by Crippen LogP contribution is -2.25. The van der Waals surface area contributed by atoms with Gasteiger partial charge in [-0.15, -0.1) is 11.3 Å². The summed E-state index contributed by atoms with van der Waals surface area (Å²) in [6, 6.07) is 0. The molecule has 1 heterocycles. The van der Waals surface area contributed by atoms with Crippen LogP contribution in [0.5, 0.6) is 0 Å². The number of nitrogens with two attached hydrogens (primary N) is 1. The molecule has 1 unspecified atom stereocenters. The van der Waals surface area contributed by atoms with Crippen molar-refractivity contribution in [3.63, 3.8) is 0 Å². The Morgan fingerprint density at radius 1 is 1.35 bits per heavy atom. The Morgan fingerprint density at radius 2 is 2.05 bits per heavy atom. The highest BCUT2D eigenvalue weighted by atomic mass is 32.1. The Balaban J connectivity index is 2.33. The van der Waals surface area contributed by atoms with Crippen molar-refractivity contribution in [1.82, 2.24) is 9.88 Å². The smallest absolute Gasteiger partial charge is 0.0798 e. The summed E-state index contributed by atoms with van der Waals surface area (Å²) in [6.45, 7) is 12.1. The predicted octanol–water partition coefficient (Wildman–Crippen LogP) is 3.67. The number of aromatic nitrogens is 1. The second kappa shape index (κ2) is 8.11. The van der Waals surface area contributed by atoms with E-state index in [0.717, 1.165) is 32.0 Å². The summed E-state index contributed by atoms with van der Waals surface area (Å²) in [7, 11) is 2.20. The van der Waals surface area contributed by atoms with E-state index in [2.05, 4.69) is 44.6 Å². The Morgan fingerprint density at radius 3 is 2.55 bits per heavy atom. The van der Waals surface area contributed by atoms with Crippen LogP contribution in [0.15, 0.2) is 5.51 Å². The summed E-state index contributed by atoms with van der Waals surface area (Å²) in [4.78, 5) is 8.11. The summed E-state index contributed by atoms with van der Waals surface area (Å²) in [5.41, 5.74) is 9.23. The highest BCUT2D eigenvalue weighted by molar-refractivity contribution is 7.09. The summed E-state index contributed by atoms with van der Waals surface area (Å²) < 4.78 is 0. The largest absolute Gasteiger partial charge is 0.330 e. The molecule has 20 heavy (non-hydrogen) atoms. The zero-order chi connectivity index (χ0) is 15.2. The first-order chi connectivity index (χ1) is 9.34. The Kier molecular flexibility index (Phi) is 7.13. The third-order valence-corrected chi connectivity index (χ3v) is 5.01. The van der Waals surface area contributed by atoms with Gasteiger partial charge in [-0.05, 0) is 57.7 Å². The van der Waals surface area contributed by atoms with E-state index in [4.69, 9.17) is 5.73 Å². The molecule has 4 heteroatoms. The van der Waals surface area contributed by atoms with Gasteiger partial charge in [0.2, 0.25) is 0 Å². The lowest BCUT2D eigenvalue weighted by Gasteiger charge is -2.31. The van der Waals surface area contributed by atoms with Crippen LogP contribution in [0, 0.1) is 18.3 Å². The van der Waals surface area contributed by atoms with Crippen LogP contribution in [-0.2, 0) is 6.54 Å². The third-order valence-electron chi connectivity index (χ3n) is 4.09. The maximum absolute atomic E-state index is 5.75. The standard InChI is InChI=1S/C16H31N3S/c1-13-15(20-12-18-13)11-19(5)10-6-7-14(8-9-17)16(2,3)4/h12,14H,6-11,17H2,1-5H3. The minimum Gasteiger partial charge on any atom is -0.330 e. The van der Waals surface area contributed by atoms with Crippen molar-refractivity contribution < 1.29 is 0 Å². The van der Waals surface area contributed by atoms with Crippen molar-refractivity contribution in [2.45, 2.75) is 53.5 Å². The van der Waals surface area contributed by atoms with Gasteiger partial charge < -0.3 is 10.6 Å². The first kappa shape index (κ1) is 17.6. The lowest BCUT2D eigenvalue weighted by atomic mass is 9.76. The molecule has 1 rings (SSSR count).